The molecule has 0 spiro atoms. The van der Waals surface area contributed by atoms with Crippen molar-refractivity contribution in [2.45, 2.75) is 70.4 Å². The third-order valence-electron chi connectivity index (χ3n) is 5.31. The number of rotatable bonds is 7. The Morgan fingerprint density at radius 3 is 2.40 bits per heavy atom. The van der Waals surface area contributed by atoms with Crippen molar-refractivity contribution in [1.82, 2.24) is 10.2 Å². The summed E-state index contributed by atoms with van der Waals surface area (Å²) in [4.78, 5) is 2.58. The number of hydrogen-bond acceptors (Lipinski definition) is 3. The van der Waals surface area contributed by atoms with E-state index in [1.807, 2.05) is 0 Å². The molecule has 1 saturated carbocycles. The predicted molar refractivity (Wildman–Crippen MR) is 85.1 cm³/mol. The van der Waals surface area contributed by atoms with Gasteiger partial charge in [-0.1, -0.05) is 13.3 Å². The van der Waals surface area contributed by atoms with Gasteiger partial charge in [0.1, 0.15) is 0 Å². The molecule has 2 aliphatic rings. The van der Waals surface area contributed by atoms with Crippen LogP contribution in [-0.4, -0.2) is 50.3 Å². The lowest BCUT2D eigenvalue weighted by molar-refractivity contribution is 0.0260. The SMILES string of the molecule is CCC1CCC(N(C)CCCOC2CCNCC2)CC1. The normalized spacial score (nSPS) is 28.9. The fourth-order valence-corrected chi connectivity index (χ4v) is 3.70. The predicted octanol–water partition coefficient (Wildman–Crippen LogP) is 3.05. The minimum Gasteiger partial charge on any atom is -0.378 e. The summed E-state index contributed by atoms with van der Waals surface area (Å²) in [5.41, 5.74) is 0. The smallest absolute Gasteiger partial charge is 0.0599 e. The Hall–Kier alpha value is -0.120. The van der Waals surface area contributed by atoms with E-state index in [-0.39, 0.29) is 0 Å². The van der Waals surface area contributed by atoms with Gasteiger partial charge in [-0.05, 0) is 71.0 Å². The molecule has 0 bridgehead atoms. The van der Waals surface area contributed by atoms with Gasteiger partial charge in [-0.15, -0.1) is 0 Å². The zero-order chi connectivity index (χ0) is 14.2. The number of ether oxygens (including phenoxy) is 1. The van der Waals surface area contributed by atoms with Gasteiger partial charge in [0.05, 0.1) is 6.10 Å². The Kier molecular flexibility index (Phi) is 7.32. The summed E-state index contributed by atoms with van der Waals surface area (Å²) in [5.74, 6) is 1.00. The lowest BCUT2D eigenvalue weighted by atomic mass is 9.84. The molecule has 0 amide bonds. The largest absolute Gasteiger partial charge is 0.378 e. The second-order valence-corrected chi connectivity index (χ2v) is 6.74. The summed E-state index contributed by atoms with van der Waals surface area (Å²) in [7, 11) is 2.31. The molecule has 2 fully saturated rings. The van der Waals surface area contributed by atoms with Gasteiger partial charge in [0.2, 0.25) is 0 Å². The summed E-state index contributed by atoms with van der Waals surface area (Å²) in [6.07, 6.45) is 11.2. The van der Waals surface area contributed by atoms with E-state index in [0.717, 1.165) is 31.7 Å². The summed E-state index contributed by atoms with van der Waals surface area (Å²) in [6, 6.07) is 0.830. The van der Waals surface area contributed by atoms with E-state index in [9.17, 15) is 0 Å². The molecule has 1 heterocycles. The topological polar surface area (TPSA) is 24.5 Å². The van der Waals surface area contributed by atoms with E-state index in [1.54, 1.807) is 0 Å². The first-order chi connectivity index (χ1) is 9.79. The van der Waals surface area contributed by atoms with Crippen molar-refractivity contribution >= 4 is 0 Å². The maximum atomic E-state index is 5.99. The van der Waals surface area contributed by atoms with Crippen LogP contribution in [0.3, 0.4) is 0 Å². The maximum absolute atomic E-state index is 5.99. The van der Waals surface area contributed by atoms with Gasteiger partial charge in [-0.25, -0.2) is 0 Å². The zero-order valence-corrected chi connectivity index (χ0v) is 13.6. The second-order valence-electron chi connectivity index (χ2n) is 6.74. The average molecular weight is 282 g/mol. The molecule has 1 aliphatic heterocycles. The number of piperidine rings is 1. The quantitative estimate of drug-likeness (QED) is 0.726. The van der Waals surface area contributed by atoms with Crippen molar-refractivity contribution in [3.63, 3.8) is 0 Å². The van der Waals surface area contributed by atoms with Crippen molar-refractivity contribution in [2.75, 3.05) is 33.3 Å². The van der Waals surface area contributed by atoms with E-state index in [1.165, 1.54) is 57.9 Å². The highest BCUT2D eigenvalue weighted by Crippen LogP contribution is 2.28. The van der Waals surface area contributed by atoms with Crippen molar-refractivity contribution in [3.05, 3.63) is 0 Å². The second kappa shape index (κ2) is 9.01. The highest BCUT2D eigenvalue weighted by Gasteiger charge is 2.22. The third kappa shape index (κ3) is 5.34. The molecule has 0 unspecified atom stereocenters. The fraction of sp³-hybridized carbons (Fsp3) is 1.00. The number of hydrogen-bond donors (Lipinski definition) is 1. The van der Waals surface area contributed by atoms with Crippen molar-refractivity contribution in [2.24, 2.45) is 5.92 Å². The van der Waals surface area contributed by atoms with Crippen LogP contribution in [0.15, 0.2) is 0 Å². The minimum atomic E-state index is 0.515. The molecule has 1 N–H and O–H groups in total. The molecule has 0 aromatic carbocycles. The van der Waals surface area contributed by atoms with Gasteiger partial charge in [0, 0.05) is 19.2 Å². The van der Waals surface area contributed by atoms with Crippen molar-refractivity contribution in [3.8, 4) is 0 Å². The number of nitrogens with zero attached hydrogens (tertiary/aromatic N) is 1. The maximum Gasteiger partial charge on any atom is 0.0599 e. The van der Waals surface area contributed by atoms with E-state index < -0.39 is 0 Å². The monoisotopic (exact) mass is 282 g/mol. The van der Waals surface area contributed by atoms with Gasteiger partial charge >= 0.3 is 0 Å². The van der Waals surface area contributed by atoms with E-state index in [2.05, 4.69) is 24.2 Å². The van der Waals surface area contributed by atoms with Crippen LogP contribution in [0.2, 0.25) is 0 Å². The average Bonchev–Trinajstić information content (AvgIpc) is 2.52. The van der Waals surface area contributed by atoms with Crippen molar-refractivity contribution in [1.29, 1.82) is 0 Å². The molecule has 0 aromatic heterocycles. The molecule has 3 heteroatoms. The Balaban J connectivity index is 1.52. The van der Waals surface area contributed by atoms with Crippen molar-refractivity contribution < 1.29 is 4.74 Å². The highest BCUT2D eigenvalue weighted by atomic mass is 16.5. The lowest BCUT2D eigenvalue weighted by Gasteiger charge is -2.34. The molecule has 0 aromatic rings. The molecule has 20 heavy (non-hydrogen) atoms. The molecule has 1 saturated heterocycles. The Morgan fingerprint density at radius 1 is 1.05 bits per heavy atom. The van der Waals surface area contributed by atoms with Gasteiger partial charge in [0.25, 0.3) is 0 Å². The molecule has 3 nitrogen and oxygen atoms in total. The van der Waals surface area contributed by atoms with Crippen LogP contribution in [0.4, 0.5) is 0 Å². The highest BCUT2D eigenvalue weighted by molar-refractivity contribution is 4.77. The molecule has 1 aliphatic carbocycles. The molecular weight excluding hydrogens is 248 g/mol. The van der Waals surface area contributed by atoms with Gasteiger partial charge < -0.3 is 15.0 Å². The van der Waals surface area contributed by atoms with E-state index in [0.29, 0.717) is 6.10 Å². The third-order valence-corrected chi connectivity index (χ3v) is 5.31. The molecular formula is C17H34N2O. The Bertz CT molecular complexity index is 245. The van der Waals surface area contributed by atoms with Crippen LogP contribution >= 0.6 is 0 Å². The Labute approximate surface area is 125 Å². The molecule has 0 radical (unpaired) electrons. The van der Waals surface area contributed by atoms with E-state index >= 15 is 0 Å². The standard InChI is InChI=1S/C17H34N2O/c1-3-15-5-7-16(8-6-15)19(2)13-4-14-20-17-9-11-18-12-10-17/h15-18H,3-14H2,1-2H3. The number of nitrogens with one attached hydrogen (secondary N) is 1. The zero-order valence-electron chi connectivity index (χ0n) is 13.6. The molecule has 2 rings (SSSR count). The Morgan fingerprint density at radius 2 is 1.75 bits per heavy atom. The van der Waals surface area contributed by atoms with Gasteiger partial charge in [-0.2, -0.15) is 0 Å². The molecule has 0 atom stereocenters. The first-order valence-corrected chi connectivity index (χ1v) is 8.82. The summed E-state index contributed by atoms with van der Waals surface area (Å²) in [5, 5.41) is 3.39. The van der Waals surface area contributed by atoms with Crippen LogP contribution in [0.25, 0.3) is 0 Å². The summed E-state index contributed by atoms with van der Waals surface area (Å²) < 4.78 is 5.99. The first-order valence-electron chi connectivity index (χ1n) is 8.82. The van der Waals surface area contributed by atoms with E-state index in [4.69, 9.17) is 4.74 Å². The fourth-order valence-electron chi connectivity index (χ4n) is 3.70. The molecule has 118 valence electrons. The summed E-state index contributed by atoms with van der Waals surface area (Å²) >= 11 is 0. The van der Waals surface area contributed by atoms with Crippen LogP contribution < -0.4 is 5.32 Å². The van der Waals surface area contributed by atoms with Crippen LogP contribution in [0.1, 0.15) is 58.3 Å². The van der Waals surface area contributed by atoms with Crippen LogP contribution in [0, 0.1) is 5.92 Å². The lowest BCUT2D eigenvalue weighted by Crippen LogP contribution is -2.36. The van der Waals surface area contributed by atoms with Crippen LogP contribution in [0.5, 0.6) is 0 Å². The van der Waals surface area contributed by atoms with Crippen LogP contribution in [-0.2, 0) is 4.74 Å². The van der Waals surface area contributed by atoms with Gasteiger partial charge in [0.15, 0.2) is 0 Å². The van der Waals surface area contributed by atoms with Gasteiger partial charge in [-0.3, -0.25) is 0 Å². The minimum absolute atomic E-state index is 0.515. The summed E-state index contributed by atoms with van der Waals surface area (Å²) in [6.45, 7) is 6.75. The first kappa shape index (κ1) is 16.3.